The quantitative estimate of drug-likeness (QED) is 0.161. The lowest BCUT2D eigenvalue weighted by Gasteiger charge is -2.08. The molecule has 3 nitrogen and oxygen atoms in total. The molecule has 0 bridgehead atoms. The van der Waals surface area contributed by atoms with Crippen LogP contribution in [-0.4, -0.2) is 29.7 Å². The molecule has 0 fully saturated rings. The van der Waals surface area contributed by atoms with Gasteiger partial charge in [-0.2, -0.15) is 0 Å². The van der Waals surface area contributed by atoms with Crippen molar-refractivity contribution in [1.82, 2.24) is 0 Å². The number of ether oxygens (including phenoxy) is 1. The molecule has 0 radical (unpaired) electrons. The van der Waals surface area contributed by atoms with E-state index in [1.165, 1.54) is 83.5 Å². The summed E-state index contributed by atoms with van der Waals surface area (Å²) >= 11 is 5.44. The molecule has 0 saturated heterocycles. The van der Waals surface area contributed by atoms with Crippen LogP contribution >= 0.6 is 11.6 Å². The van der Waals surface area contributed by atoms with Crippen molar-refractivity contribution in [2.75, 3.05) is 12.5 Å². The Morgan fingerprint density at radius 2 is 1.20 bits per heavy atom. The minimum absolute atomic E-state index is 0.0150. The molecule has 0 amide bonds. The summed E-state index contributed by atoms with van der Waals surface area (Å²) in [6.07, 6.45) is 19.4. The molecule has 0 heterocycles. The number of aliphatic hydroxyl groups is 1. The van der Waals surface area contributed by atoms with E-state index in [2.05, 4.69) is 6.92 Å². The molecule has 150 valence electrons. The predicted molar refractivity (Wildman–Crippen MR) is 107 cm³/mol. The van der Waals surface area contributed by atoms with Crippen molar-refractivity contribution in [3.63, 3.8) is 0 Å². The molecule has 0 aliphatic carbocycles. The second-order valence-electron chi connectivity index (χ2n) is 7.19. The minimum atomic E-state index is -0.744. The Labute approximate surface area is 160 Å². The monoisotopic (exact) mass is 376 g/mol. The maximum absolute atomic E-state index is 11.4. The van der Waals surface area contributed by atoms with Gasteiger partial charge in [-0.1, -0.05) is 96.8 Å². The van der Waals surface area contributed by atoms with Crippen molar-refractivity contribution in [2.24, 2.45) is 0 Å². The van der Waals surface area contributed by atoms with Gasteiger partial charge in [-0.3, -0.25) is 4.79 Å². The molecule has 0 unspecified atom stereocenters. The van der Waals surface area contributed by atoms with Crippen LogP contribution in [0.25, 0.3) is 0 Å². The molecule has 0 aliphatic rings. The van der Waals surface area contributed by atoms with Gasteiger partial charge in [-0.25, -0.2) is 0 Å². The van der Waals surface area contributed by atoms with Gasteiger partial charge in [0.25, 0.3) is 0 Å². The van der Waals surface area contributed by atoms with Gasteiger partial charge in [-0.15, -0.1) is 11.6 Å². The van der Waals surface area contributed by atoms with E-state index in [-0.39, 0.29) is 18.5 Å². The normalized spacial score (nSPS) is 12.3. The first-order chi connectivity index (χ1) is 12.2. The number of carbonyl (C=O) groups excluding carboxylic acids is 1. The number of hydrogen-bond acceptors (Lipinski definition) is 3. The number of esters is 1. The highest BCUT2D eigenvalue weighted by Crippen LogP contribution is 2.13. The molecule has 4 heteroatoms. The Hall–Kier alpha value is -0.280. The first-order valence-electron chi connectivity index (χ1n) is 10.6. The predicted octanol–water partition coefficient (Wildman–Crippen LogP) is 6.39. The van der Waals surface area contributed by atoms with Crippen LogP contribution in [0.4, 0.5) is 0 Å². The Morgan fingerprint density at radius 1 is 0.800 bits per heavy atom. The molecular formula is C21H41ClO3. The van der Waals surface area contributed by atoms with E-state index in [0.29, 0.717) is 6.42 Å². The zero-order valence-corrected chi connectivity index (χ0v) is 17.2. The average molecular weight is 377 g/mol. The molecule has 0 aromatic heterocycles. The fraction of sp³-hybridized carbons (Fsp3) is 0.952. The lowest BCUT2D eigenvalue weighted by Crippen LogP contribution is -2.19. The van der Waals surface area contributed by atoms with Gasteiger partial charge in [0.15, 0.2) is 0 Å². The Balaban J connectivity index is 3.12. The molecule has 0 aromatic carbocycles. The molecule has 1 N–H and O–H groups in total. The Kier molecular flexibility index (Phi) is 19.8. The van der Waals surface area contributed by atoms with Gasteiger partial charge in [0, 0.05) is 6.42 Å². The number of hydrogen-bond donors (Lipinski definition) is 1. The van der Waals surface area contributed by atoms with Crippen LogP contribution in [0.2, 0.25) is 0 Å². The fourth-order valence-corrected chi connectivity index (χ4v) is 3.04. The van der Waals surface area contributed by atoms with Crippen LogP contribution in [-0.2, 0) is 9.53 Å². The zero-order valence-electron chi connectivity index (χ0n) is 16.4. The molecule has 1 atom stereocenters. The number of aliphatic hydroxyl groups excluding tert-OH is 1. The number of unbranched alkanes of at least 4 members (excludes halogenated alkanes) is 14. The van der Waals surface area contributed by atoms with E-state index in [1.807, 2.05) is 0 Å². The topological polar surface area (TPSA) is 46.5 Å². The first kappa shape index (κ1) is 24.7. The molecular weight excluding hydrogens is 336 g/mol. The second-order valence-corrected chi connectivity index (χ2v) is 7.50. The highest BCUT2D eigenvalue weighted by molar-refractivity contribution is 6.18. The van der Waals surface area contributed by atoms with Gasteiger partial charge < -0.3 is 9.84 Å². The summed E-state index contributed by atoms with van der Waals surface area (Å²) in [5.41, 5.74) is 0. The molecule has 25 heavy (non-hydrogen) atoms. The van der Waals surface area contributed by atoms with Gasteiger partial charge >= 0.3 is 5.97 Å². The van der Waals surface area contributed by atoms with Crippen LogP contribution in [0.5, 0.6) is 0 Å². The summed E-state index contributed by atoms with van der Waals surface area (Å²) < 4.78 is 4.94. The number of rotatable bonds is 19. The second kappa shape index (κ2) is 20.0. The zero-order chi connectivity index (χ0) is 18.6. The number of halogens is 1. The van der Waals surface area contributed by atoms with Crippen molar-refractivity contribution < 1.29 is 14.6 Å². The Morgan fingerprint density at radius 3 is 1.60 bits per heavy atom. The van der Waals surface area contributed by atoms with E-state index >= 15 is 0 Å². The highest BCUT2D eigenvalue weighted by atomic mass is 35.5. The molecule has 0 aliphatic heterocycles. The summed E-state index contributed by atoms with van der Waals surface area (Å²) in [7, 11) is 0. The third-order valence-electron chi connectivity index (χ3n) is 4.60. The summed E-state index contributed by atoms with van der Waals surface area (Å²) in [6, 6.07) is 0. The van der Waals surface area contributed by atoms with E-state index in [4.69, 9.17) is 16.3 Å². The van der Waals surface area contributed by atoms with Crippen molar-refractivity contribution in [1.29, 1.82) is 0 Å². The van der Waals surface area contributed by atoms with E-state index < -0.39 is 6.10 Å². The fourth-order valence-electron chi connectivity index (χ4n) is 2.95. The Bertz CT molecular complexity index is 284. The summed E-state index contributed by atoms with van der Waals surface area (Å²) in [6.45, 7) is 2.28. The van der Waals surface area contributed by atoms with E-state index in [9.17, 15) is 9.90 Å². The van der Waals surface area contributed by atoms with Gasteiger partial charge in [-0.05, 0) is 6.42 Å². The standard InChI is InChI=1S/C21H41ClO3/c1-2-3-4-5-6-7-8-9-10-11-12-13-14-15-16-17-21(24)25-19-20(23)18-22/h20,23H,2-19H2,1H3/t20-/m0/s1. The minimum Gasteiger partial charge on any atom is -0.463 e. The lowest BCUT2D eigenvalue weighted by atomic mass is 10.0. The molecule has 0 spiro atoms. The smallest absolute Gasteiger partial charge is 0.305 e. The molecule has 0 aromatic rings. The number of carbonyl (C=O) groups is 1. The summed E-state index contributed by atoms with van der Waals surface area (Å²) in [5.74, 6) is -0.120. The third kappa shape index (κ3) is 19.9. The van der Waals surface area contributed by atoms with Crippen LogP contribution in [0, 0.1) is 0 Å². The largest absolute Gasteiger partial charge is 0.463 e. The van der Waals surface area contributed by atoms with Crippen molar-refractivity contribution in [3.8, 4) is 0 Å². The third-order valence-corrected chi connectivity index (χ3v) is 4.96. The average Bonchev–Trinajstić information content (AvgIpc) is 2.62. The van der Waals surface area contributed by atoms with Crippen LogP contribution in [0.1, 0.15) is 110 Å². The maximum Gasteiger partial charge on any atom is 0.305 e. The van der Waals surface area contributed by atoms with Crippen molar-refractivity contribution in [2.45, 2.75) is 116 Å². The summed E-state index contributed by atoms with van der Waals surface area (Å²) in [4.78, 5) is 11.4. The molecule has 0 saturated carbocycles. The van der Waals surface area contributed by atoms with Crippen LogP contribution < -0.4 is 0 Å². The molecule has 0 rings (SSSR count). The SMILES string of the molecule is CCCCCCCCCCCCCCCCCC(=O)OC[C@@H](O)CCl. The van der Waals surface area contributed by atoms with E-state index in [1.54, 1.807) is 0 Å². The first-order valence-corrected chi connectivity index (χ1v) is 11.1. The van der Waals surface area contributed by atoms with Crippen LogP contribution in [0.15, 0.2) is 0 Å². The van der Waals surface area contributed by atoms with Crippen LogP contribution in [0.3, 0.4) is 0 Å². The lowest BCUT2D eigenvalue weighted by molar-refractivity contribution is -0.146. The van der Waals surface area contributed by atoms with Gasteiger partial charge in [0.05, 0.1) is 5.88 Å². The van der Waals surface area contributed by atoms with Crippen molar-refractivity contribution >= 4 is 17.6 Å². The number of alkyl halides is 1. The highest BCUT2D eigenvalue weighted by Gasteiger charge is 2.07. The summed E-state index contributed by atoms with van der Waals surface area (Å²) in [5, 5.41) is 9.20. The maximum atomic E-state index is 11.4. The van der Waals surface area contributed by atoms with Gasteiger partial charge in [0.1, 0.15) is 12.7 Å². The van der Waals surface area contributed by atoms with Gasteiger partial charge in [0.2, 0.25) is 0 Å². The van der Waals surface area contributed by atoms with Crippen molar-refractivity contribution in [3.05, 3.63) is 0 Å². The van der Waals surface area contributed by atoms with E-state index in [0.717, 1.165) is 12.8 Å².